The number of rotatable bonds is 4. The van der Waals surface area contributed by atoms with Gasteiger partial charge in [0.1, 0.15) is 5.82 Å². The molecule has 1 N–H and O–H groups in total. The van der Waals surface area contributed by atoms with E-state index in [1.807, 2.05) is 32.0 Å². The zero-order valence-electron chi connectivity index (χ0n) is 15.8. The van der Waals surface area contributed by atoms with Gasteiger partial charge in [-0.2, -0.15) is 0 Å². The highest BCUT2D eigenvalue weighted by Gasteiger charge is 2.44. The molecule has 2 aromatic carbocycles. The van der Waals surface area contributed by atoms with E-state index in [1.54, 1.807) is 17.5 Å². The lowest BCUT2D eigenvalue weighted by Crippen LogP contribution is -2.31. The minimum absolute atomic E-state index is 0.00298. The van der Waals surface area contributed by atoms with Gasteiger partial charge in [-0.1, -0.05) is 24.3 Å². The number of hydrogen-bond donors (Lipinski definition) is 1. The molecule has 0 aliphatic carbocycles. The quantitative estimate of drug-likeness (QED) is 0.598. The van der Waals surface area contributed by atoms with Crippen LogP contribution in [0.25, 0.3) is 0 Å². The second-order valence-electron chi connectivity index (χ2n) is 7.04. The number of aryl methyl sites for hydroxylation is 2. The number of hydrogen-bond acceptors (Lipinski definition) is 4. The first kappa shape index (κ1) is 19.1. The molecule has 1 atom stereocenters. The summed E-state index contributed by atoms with van der Waals surface area (Å²) in [7, 11) is 0. The number of ketones is 1. The molecule has 1 unspecified atom stereocenters. The van der Waals surface area contributed by atoms with Crippen LogP contribution in [0.3, 0.4) is 0 Å². The fourth-order valence-electron chi connectivity index (χ4n) is 3.69. The Hall–Kier alpha value is -3.25. The third kappa shape index (κ3) is 3.36. The van der Waals surface area contributed by atoms with Gasteiger partial charge in [-0.05, 0) is 66.2 Å². The lowest BCUT2D eigenvalue weighted by Gasteiger charge is -2.27. The van der Waals surface area contributed by atoms with E-state index in [0.717, 1.165) is 11.1 Å². The Morgan fingerprint density at radius 3 is 2.31 bits per heavy atom. The number of thiophene rings is 1. The molecule has 1 aliphatic heterocycles. The Morgan fingerprint density at radius 1 is 1.07 bits per heavy atom. The smallest absolute Gasteiger partial charge is 0.294 e. The molecule has 0 fully saturated rings. The molecule has 1 aliphatic rings. The van der Waals surface area contributed by atoms with Crippen LogP contribution < -0.4 is 4.90 Å². The van der Waals surface area contributed by atoms with Crippen molar-refractivity contribution in [1.82, 2.24) is 0 Å². The minimum Gasteiger partial charge on any atom is -0.503 e. The van der Waals surface area contributed by atoms with Gasteiger partial charge in [-0.25, -0.2) is 4.39 Å². The van der Waals surface area contributed by atoms with Crippen LogP contribution in [0, 0.1) is 19.7 Å². The maximum atomic E-state index is 13.5. The molecule has 4 nitrogen and oxygen atoms in total. The Balaban J connectivity index is 1.90. The van der Waals surface area contributed by atoms with Crippen molar-refractivity contribution < 1.29 is 19.1 Å². The van der Waals surface area contributed by atoms with Gasteiger partial charge in [0.2, 0.25) is 5.78 Å². The van der Waals surface area contributed by atoms with E-state index in [4.69, 9.17) is 0 Å². The molecule has 29 heavy (non-hydrogen) atoms. The Bertz CT molecular complexity index is 1110. The molecule has 2 heterocycles. The number of amides is 1. The molecule has 1 amide bonds. The zero-order chi connectivity index (χ0) is 20.7. The van der Waals surface area contributed by atoms with E-state index in [0.29, 0.717) is 16.1 Å². The highest BCUT2D eigenvalue weighted by atomic mass is 32.1. The number of aliphatic hydroxyl groups is 1. The highest BCUT2D eigenvalue weighted by Crippen LogP contribution is 2.42. The maximum absolute atomic E-state index is 13.5. The highest BCUT2D eigenvalue weighted by molar-refractivity contribution is 7.12. The molecule has 1 aromatic heterocycles. The number of carbonyl (C=O) groups excluding carboxylic acids is 2. The summed E-state index contributed by atoms with van der Waals surface area (Å²) in [4.78, 5) is 28.1. The summed E-state index contributed by atoms with van der Waals surface area (Å²) in [6.07, 6.45) is 0. The lowest BCUT2D eigenvalue weighted by atomic mass is 9.95. The third-order valence-electron chi connectivity index (χ3n) is 4.87. The first-order chi connectivity index (χ1) is 13.9. The molecule has 146 valence electrons. The first-order valence-electron chi connectivity index (χ1n) is 9.05. The molecule has 0 bridgehead atoms. The minimum atomic E-state index is -0.848. The summed E-state index contributed by atoms with van der Waals surface area (Å²) >= 11 is 1.24. The first-order valence-corrected chi connectivity index (χ1v) is 9.93. The van der Waals surface area contributed by atoms with E-state index < -0.39 is 29.3 Å². The van der Waals surface area contributed by atoms with E-state index in [9.17, 15) is 19.1 Å². The lowest BCUT2D eigenvalue weighted by molar-refractivity contribution is -0.117. The topological polar surface area (TPSA) is 57.6 Å². The Morgan fingerprint density at radius 2 is 1.72 bits per heavy atom. The van der Waals surface area contributed by atoms with Crippen molar-refractivity contribution in [2.24, 2.45) is 0 Å². The van der Waals surface area contributed by atoms with Crippen molar-refractivity contribution in [1.29, 1.82) is 0 Å². The van der Waals surface area contributed by atoms with Crippen molar-refractivity contribution in [3.8, 4) is 0 Å². The summed E-state index contributed by atoms with van der Waals surface area (Å²) in [6.45, 7) is 3.82. The van der Waals surface area contributed by atoms with Gasteiger partial charge >= 0.3 is 0 Å². The number of Topliss-reactive ketones (excluding diaryl/α,β-unsaturated/α-hetero) is 1. The van der Waals surface area contributed by atoms with Crippen molar-refractivity contribution in [2.75, 3.05) is 4.90 Å². The molecular formula is C23H18FNO3S. The number of carbonyl (C=O) groups is 2. The summed E-state index contributed by atoms with van der Waals surface area (Å²) in [5.74, 6) is -2.05. The normalized spacial score (nSPS) is 16.6. The van der Waals surface area contributed by atoms with Gasteiger partial charge < -0.3 is 5.11 Å². The van der Waals surface area contributed by atoms with Crippen LogP contribution in [0.15, 0.2) is 71.3 Å². The van der Waals surface area contributed by atoms with E-state index >= 15 is 0 Å². The van der Waals surface area contributed by atoms with Crippen molar-refractivity contribution in [3.05, 3.63) is 98.7 Å². The molecule has 0 saturated heterocycles. The van der Waals surface area contributed by atoms with Crippen LogP contribution in [0.1, 0.15) is 32.4 Å². The van der Waals surface area contributed by atoms with Crippen LogP contribution in [0.2, 0.25) is 0 Å². The predicted molar refractivity (Wildman–Crippen MR) is 111 cm³/mol. The number of halogens is 1. The average Bonchev–Trinajstić information content (AvgIpc) is 3.29. The fourth-order valence-corrected chi connectivity index (χ4v) is 4.37. The zero-order valence-corrected chi connectivity index (χ0v) is 16.7. The predicted octanol–water partition coefficient (Wildman–Crippen LogP) is 5.29. The second kappa shape index (κ2) is 7.29. The van der Waals surface area contributed by atoms with Gasteiger partial charge in [0.15, 0.2) is 5.76 Å². The fraction of sp³-hybridized carbons (Fsp3) is 0.130. The molecule has 4 rings (SSSR count). The van der Waals surface area contributed by atoms with Gasteiger partial charge in [0.25, 0.3) is 5.91 Å². The molecule has 0 spiro atoms. The van der Waals surface area contributed by atoms with E-state index in [1.165, 1.54) is 40.5 Å². The van der Waals surface area contributed by atoms with Crippen molar-refractivity contribution >= 4 is 28.7 Å². The van der Waals surface area contributed by atoms with E-state index in [2.05, 4.69) is 0 Å². The summed E-state index contributed by atoms with van der Waals surface area (Å²) in [5, 5.41) is 12.4. The largest absolute Gasteiger partial charge is 0.503 e. The molecule has 0 saturated carbocycles. The monoisotopic (exact) mass is 407 g/mol. The Labute approximate surface area is 171 Å². The molecular weight excluding hydrogens is 389 g/mol. The number of benzene rings is 2. The van der Waals surface area contributed by atoms with Gasteiger partial charge in [0.05, 0.1) is 16.5 Å². The SMILES string of the molecule is Cc1cc(C)cc(N2C(=O)C(O)=C(C(=O)c3cccs3)C2c2ccc(F)cc2)c1. The van der Waals surface area contributed by atoms with Gasteiger partial charge in [-0.3, -0.25) is 14.5 Å². The van der Waals surface area contributed by atoms with Crippen LogP contribution >= 0.6 is 11.3 Å². The summed E-state index contributed by atoms with van der Waals surface area (Å²) in [6, 6.07) is 13.8. The standard InChI is InChI=1S/C23H18FNO3S/c1-13-10-14(2)12-17(11-13)25-20(15-5-7-16(24)8-6-15)19(22(27)23(25)28)21(26)18-4-3-9-29-18/h3-12,20,27H,1-2H3. The third-order valence-corrected chi connectivity index (χ3v) is 5.74. The molecule has 6 heteroatoms. The summed E-state index contributed by atoms with van der Waals surface area (Å²) in [5.41, 5.74) is 3.01. The Kier molecular flexibility index (Phi) is 4.80. The van der Waals surface area contributed by atoms with Gasteiger partial charge in [-0.15, -0.1) is 11.3 Å². The van der Waals surface area contributed by atoms with Crippen LogP contribution in [0.4, 0.5) is 10.1 Å². The summed E-state index contributed by atoms with van der Waals surface area (Å²) < 4.78 is 13.5. The number of aliphatic hydroxyl groups excluding tert-OH is 1. The second-order valence-corrected chi connectivity index (χ2v) is 7.99. The van der Waals surface area contributed by atoms with Crippen molar-refractivity contribution in [3.63, 3.8) is 0 Å². The number of nitrogens with zero attached hydrogens (tertiary/aromatic N) is 1. The van der Waals surface area contributed by atoms with Crippen LogP contribution in [-0.4, -0.2) is 16.8 Å². The van der Waals surface area contributed by atoms with Crippen molar-refractivity contribution in [2.45, 2.75) is 19.9 Å². The number of anilines is 1. The van der Waals surface area contributed by atoms with Crippen LogP contribution in [0.5, 0.6) is 0 Å². The molecule has 3 aromatic rings. The molecule has 0 radical (unpaired) electrons. The van der Waals surface area contributed by atoms with Crippen LogP contribution in [-0.2, 0) is 4.79 Å². The van der Waals surface area contributed by atoms with E-state index in [-0.39, 0.29) is 5.57 Å². The maximum Gasteiger partial charge on any atom is 0.294 e. The average molecular weight is 407 g/mol. The van der Waals surface area contributed by atoms with Gasteiger partial charge in [0, 0.05) is 5.69 Å².